The average molecular weight is 256 g/mol. The van der Waals surface area contributed by atoms with Gasteiger partial charge < -0.3 is 10.1 Å². The lowest BCUT2D eigenvalue weighted by Crippen LogP contribution is -2.01. The van der Waals surface area contributed by atoms with E-state index in [0.29, 0.717) is 0 Å². The first-order valence-electron chi connectivity index (χ1n) is 6.66. The Hall–Kier alpha value is -2.03. The molecule has 0 saturated carbocycles. The number of pyridine rings is 1. The van der Waals surface area contributed by atoms with Crippen molar-refractivity contribution in [1.29, 1.82) is 0 Å². The Bertz CT molecular complexity index is 508. The predicted octanol–water partition coefficient (Wildman–Crippen LogP) is 3.79. The van der Waals surface area contributed by atoms with Crippen molar-refractivity contribution in [1.82, 2.24) is 4.98 Å². The number of aryl methyl sites for hydroxylation is 1. The van der Waals surface area contributed by atoms with Gasteiger partial charge in [-0.25, -0.2) is 0 Å². The van der Waals surface area contributed by atoms with Gasteiger partial charge in [-0.2, -0.15) is 0 Å². The Morgan fingerprint density at radius 2 is 2.11 bits per heavy atom. The van der Waals surface area contributed by atoms with Gasteiger partial charge in [0.1, 0.15) is 5.75 Å². The van der Waals surface area contributed by atoms with Gasteiger partial charge in [0.15, 0.2) is 0 Å². The molecule has 1 aromatic carbocycles. The first kappa shape index (κ1) is 13.4. The summed E-state index contributed by atoms with van der Waals surface area (Å²) in [6.07, 6.45) is 2.88. The third kappa shape index (κ3) is 4.28. The average Bonchev–Trinajstić information content (AvgIpc) is 2.45. The van der Waals surface area contributed by atoms with Crippen LogP contribution in [0.2, 0.25) is 0 Å². The number of hydrogen-bond donors (Lipinski definition) is 1. The van der Waals surface area contributed by atoms with E-state index in [1.807, 2.05) is 37.4 Å². The molecule has 0 aliphatic heterocycles. The van der Waals surface area contributed by atoms with E-state index in [1.54, 1.807) is 0 Å². The van der Waals surface area contributed by atoms with Crippen LogP contribution in [0.25, 0.3) is 0 Å². The second-order valence-electron chi connectivity index (χ2n) is 4.54. The number of hydrogen-bond acceptors (Lipinski definition) is 3. The Kier molecular flexibility index (Phi) is 4.78. The number of nitrogens with zero attached hydrogens (tertiary/aromatic N) is 1. The van der Waals surface area contributed by atoms with Gasteiger partial charge in [0.2, 0.25) is 0 Å². The van der Waals surface area contributed by atoms with Gasteiger partial charge in [-0.1, -0.05) is 19.1 Å². The SMILES string of the molecule is CCCOc1cccc(CNc2ccc(C)nc2)c1. The summed E-state index contributed by atoms with van der Waals surface area (Å²) < 4.78 is 5.62. The van der Waals surface area contributed by atoms with Crippen molar-refractivity contribution in [2.45, 2.75) is 26.8 Å². The highest BCUT2D eigenvalue weighted by Gasteiger charge is 1.98. The monoisotopic (exact) mass is 256 g/mol. The molecule has 2 rings (SSSR count). The van der Waals surface area contributed by atoms with E-state index in [2.05, 4.69) is 29.4 Å². The molecular formula is C16H20N2O. The molecule has 1 heterocycles. The van der Waals surface area contributed by atoms with Crippen LogP contribution < -0.4 is 10.1 Å². The molecular weight excluding hydrogens is 236 g/mol. The van der Waals surface area contributed by atoms with Gasteiger partial charge in [0.25, 0.3) is 0 Å². The van der Waals surface area contributed by atoms with Gasteiger partial charge in [-0.3, -0.25) is 4.98 Å². The molecule has 0 amide bonds. The molecule has 1 aromatic heterocycles. The molecule has 100 valence electrons. The summed E-state index contributed by atoms with van der Waals surface area (Å²) in [5, 5.41) is 3.35. The second kappa shape index (κ2) is 6.78. The fraction of sp³-hybridized carbons (Fsp3) is 0.312. The maximum absolute atomic E-state index is 5.62. The van der Waals surface area contributed by atoms with Crippen LogP contribution in [0.3, 0.4) is 0 Å². The van der Waals surface area contributed by atoms with Crippen molar-refractivity contribution in [2.75, 3.05) is 11.9 Å². The quantitative estimate of drug-likeness (QED) is 0.853. The van der Waals surface area contributed by atoms with Gasteiger partial charge >= 0.3 is 0 Å². The van der Waals surface area contributed by atoms with Crippen LogP contribution in [0.15, 0.2) is 42.6 Å². The van der Waals surface area contributed by atoms with Crippen LogP contribution in [0.5, 0.6) is 5.75 Å². The summed E-state index contributed by atoms with van der Waals surface area (Å²) in [4.78, 5) is 4.26. The predicted molar refractivity (Wildman–Crippen MR) is 78.5 cm³/mol. The standard InChI is InChI=1S/C16H20N2O/c1-3-9-19-16-6-4-5-14(10-16)11-18-15-8-7-13(2)17-12-15/h4-8,10,12,18H,3,9,11H2,1-2H3. The highest BCUT2D eigenvalue weighted by molar-refractivity contribution is 5.42. The molecule has 0 atom stereocenters. The van der Waals surface area contributed by atoms with Crippen molar-refractivity contribution < 1.29 is 4.74 Å². The smallest absolute Gasteiger partial charge is 0.119 e. The molecule has 0 fully saturated rings. The molecule has 0 unspecified atom stereocenters. The fourth-order valence-corrected chi connectivity index (χ4v) is 1.74. The van der Waals surface area contributed by atoms with E-state index in [9.17, 15) is 0 Å². The zero-order valence-corrected chi connectivity index (χ0v) is 11.5. The second-order valence-corrected chi connectivity index (χ2v) is 4.54. The summed E-state index contributed by atoms with van der Waals surface area (Å²) in [5.41, 5.74) is 3.26. The summed E-state index contributed by atoms with van der Waals surface area (Å²) >= 11 is 0. The van der Waals surface area contributed by atoms with Crippen molar-refractivity contribution in [3.63, 3.8) is 0 Å². The number of anilines is 1. The van der Waals surface area contributed by atoms with Crippen LogP contribution in [0, 0.1) is 6.92 Å². The Balaban J connectivity index is 1.93. The van der Waals surface area contributed by atoms with E-state index >= 15 is 0 Å². The van der Waals surface area contributed by atoms with Gasteiger partial charge in [-0.15, -0.1) is 0 Å². The van der Waals surface area contributed by atoms with Gasteiger partial charge in [0.05, 0.1) is 18.5 Å². The van der Waals surface area contributed by atoms with Crippen molar-refractivity contribution >= 4 is 5.69 Å². The summed E-state index contributed by atoms with van der Waals surface area (Å²) in [6, 6.07) is 12.2. The molecule has 0 aliphatic carbocycles. The number of rotatable bonds is 6. The Morgan fingerprint density at radius 3 is 2.84 bits per heavy atom. The summed E-state index contributed by atoms with van der Waals surface area (Å²) in [7, 11) is 0. The third-order valence-corrected chi connectivity index (χ3v) is 2.78. The minimum Gasteiger partial charge on any atom is -0.494 e. The highest BCUT2D eigenvalue weighted by atomic mass is 16.5. The lowest BCUT2D eigenvalue weighted by molar-refractivity contribution is 0.317. The molecule has 0 spiro atoms. The van der Waals surface area contributed by atoms with Gasteiger partial charge in [0, 0.05) is 12.2 Å². The molecule has 19 heavy (non-hydrogen) atoms. The zero-order valence-electron chi connectivity index (χ0n) is 11.5. The molecule has 1 N–H and O–H groups in total. The first-order valence-corrected chi connectivity index (χ1v) is 6.66. The van der Waals surface area contributed by atoms with Crippen LogP contribution in [-0.2, 0) is 6.54 Å². The first-order chi connectivity index (χ1) is 9.28. The van der Waals surface area contributed by atoms with E-state index < -0.39 is 0 Å². The molecule has 0 radical (unpaired) electrons. The molecule has 3 heteroatoms. The lowest BCUT2D eigenvalue weighted by atomic mass is 10.2. The Labute approximate surface area is 114 Å². The van der Waals surface area contributed by atoms with Gasteiger partial charge in [-0.05, 0) is 43.2 Å². The largest absolute Gasteiger partial charge is 0.494 e. The highest BCUT2D eigenvalue weighted by Crippen LogP contribution is 2.15. The van der Waals surface area contributed by atoms with Crippen LogP contribution >= 0.6 is 0 Å². The molecule has 0 aliphatic rings. The van der Waals surface area contributed by atoms with Crippen molar-refractivity contribution in [2.24, 2.45) is 0 Å². The molecule has 2 aromatic rings. The Morgan fingerprint density at radius 1 is 1.21 bits per heavy atom. The van der Waals surface area contributed by atoms with Crippen LogP contribution in [-0.4, -0.2) is 11.6 Å². The maximum atomic E-state index is 5.62. The van der Waals surface area contributed by atoms with Crippen molar-refractivity contribution in [3.05, 3.63) is 53.9 Å². The van der Waals surface area contributed by atoms with E-state index in [4.69, 9.17) is 4.74 Å². The minimum atomic E-state index is 0.763. The number of nitrogens with one attached hydrogen (secondary N) is 1. The molecule has 0 saturated heterocycles. The van der Waals surface area contributed by atoms with Crippen LogP contribution in [0.1, 0.15) is 24.6 Å². The number of ether oxygens (including phenoxy) is 1. The lowest BCUT2D eigenvalue weighted by Gasteiger charge is -2.09. The maximum Gasteiger partial charge on any atom is 0.119 e. The topological polar surface area (TPSA) is 34.1 Å². The van der Waals surface area contributed by atoms with E-state index in [-0.39, 0.29) is 0 Å². The number of aromatic nitrogens is 1. The normalized spacial score (nSPS) is 10.2. The molecule has 0 bridgehead atoms. The zero-order chi connectivity index (χ0) is 13.5. The van der Waals surface area contributed by atoms with E-state index in [1.165, 1.54) is 5.56 Å². The molecule has 3 nitrogen and oxygen atoms in total. The summed E-state index contributed by atoms with van der Waals surface area (Å²) in [6.45, 7) is 5.63. The third-order valence-electron chi connectivity index (χ3n) is 2.78. The summed E-state index contributed by atoms with van der Waals surface area (Å²) in [5.74, 6) is 0.934. The van der Waals surface area contributed by atoms with Crippen LogP contribution in [0.4, 0.5) is 5.69 Å². The number of benzene rings is 1. The minimum absolute atomic E-state index is 0.763. The van der Waals surface area contributed by atoms with Crippen molar-refractivity contribution in [3.8, 4) is 5.75 Å². The van der Waals surface area contributed by atoms with E-state index in [0.717, 1.165) is 36.7 Å². The fourth-order valence-electron chi connectivity index (χ4n) is 1.74.